The molecule has 11 heteroatoms. The highest BCUT2D eigenvalue weighted by Gasteiger charge is 2.46. The molecule has 40 heavy (non-hydrogen) atoms. The van der Waals surface area contributed by atoms with Crippen molar-refractivity contribution in [2.24, 2.45) is 11.7 Å². The molecule has 1 aromatic rings. The Morgan fingerprint density at radius 2 is 1.68 bits per heavy atom. The lowest BCUT2D eigenvalue weighted by Gasteiger charge is -2.41. The summed E-state index contributed by atoms with van der Waals surface area (Å²) in [6.07, 6.45) is 4.88. The Kier molecular flexibility index (Phi) is 10.3. The fraction of sp³-hybridized carbons (Fsp3) is 0.690. The van der Waals surface area contributed by atoms with Gasteiger partial charge in [0.2, 0.25) is 11.8 Å². The third-order valence-corrected chi connectivity index (χ3v) is 8.53. The van der Waals surface area contributed by atoms with E-state index in [0.29, 0.717) is 25.4 Å². The van der Waals surface area contributed by atoms with Gasteiger partial charge in [-0.3, -0.25) is 9.59 Å². The third-order valence-electron chi connectivity index (χ3n) is 8.53. The van der Waals surface area contributed by atoms with Crippen molar-refractivity contribution < 1.29 is 37.8 Å². The zero-order valence-electron chi connectivity index (χ0n) is 23.3. The third kappa shape index (κ3) is 7.96. The number of aliphatic carboxylic acids is 1. The summed E-state index contributed by atoms with van der Waals surface area (Å²) in [5.41, 5.74) is 7.25. The standard InChI is InChI=1S/C27H41N3O3.C2HF3O2/c1-26(2,28)25(33)29-22(13-12-19-8-4-3-5-9-19)24(32)30-16-14-27(15-17-30)18-23(31)20-10-6-7-11-21(20)27;3-2(4,5)1(6)7/h6-7,10-11,19,22-23,31H,3-5,8-9,12-18,28H2,1-2H3,(H,29,33);(H,6,7)/t22-,23?;/m1./s1. The minimum Gasteiger partial charge on any atom is -0.475 e. The Morgan fingerprint density at radius 1 is 1.10 bits per heavy atom. The number of nitrogens with zero attached hydrogens (tertiary/aromatic N) is 1. The molecule has 4 rings (SSSR count). The first-order valence-electron chi connectivity index (χ1n) is 14.1. The Hall–Kier alpha value is -2.66. The van der Waals surface area contributed by atoms with Gasteiger partial charge in [0.25, 0.3) is 0 Å². The zero-order valence-corrected chi connectivity index (χ0v) is 23.3. The van der Waals surface area contributed by atoms with E-state index in [1.54, 1.807) is 13.8 Å². The van der Waals surface area contributed by atoms with Gasteiger partial charge in [-0.05, 0) is 63.0 Å². The topological polar surface area (TPSA) is 133 Å². The van der Waals surface area contributed by atoms with Gasteiger partial charge in [0.15, 0.2) is 0 Å². The summed E-state index contributed by atoms with van der Waals surface area (Å²) < 4.78 is 31.7. The van der Waals surface area contributed by atoms with Crippen molar-refractivity contribution in [3.63, 3.8) is 0 Å². The summed E-state index contributed by atoms with van der Waals surface area (Å²) >= 11 is 0. The van der Waals surface area contributed by atoms with Gasteiger partial charge in [0.05, 0.1) is 11.6 Å². The van der Waals surface area contributed by atoms with E-state index in [1.807, 2.05) is 23.1 Å². The van der Waals surface area contributed by atoms with E-state index in [9.17, 15) is 27.9 Å². The van der Waals surface area contributed by atoms with Crippen molar-refractivity contribution in [2.75, 3.05) is 13.1 Å². The Labute approximate surface area is 233 Å². The van der Waals surface area contributed by atoms with E-state index in [1.165, 1.54) is 37.7 Å². The molecular formula is C29H42F3N3O5. The summed E-state index contributed by atoms with van der Waals surface area (Å²) in [5, 5.41) is 20.7. The molecule has 2 aliphatic carbocycles. The van der Waals surface area contributed by atoms with E-state index in [0.717, 1.165) is 31.2 Å². The predicted octanol–water partition coefficient (Wildman–Crippen LogP) is 4.20. The second-order valence-electron chi connectivity index (χ2n) is 12.0. The monoisotopic (exact) mass is 569 g/mol. The van der Waals surface area contributed by atoms with Crippen molar-refractivity contribution in [3.05, 3.63) is 35.4 Å². The molecule has 2 atom stereocenters. The van der Waals surface area contributed by atoms with Crippen molar-refractivity contribution in [3.8, 4) is 0 Å². The summed E-state index contributed by atoms with van der Waals surface area (Å²) in [4.78, 5) is 37.0. The first-order valence-corrected chi connectivity index (χ1v) is 14.1. The molecule has 224 valence electrons. The number of nitrogens with one attached hydrogen (secondary N) is 1. The molecule has 1 unspecified atom stereocenters. The molecule has 5 N–H and O–H groups in total. The Bertz CT molecular complexity index is 1040. The SMILES string of the molecule is CC(C)(N)C(=O)N[C@H](CCC1CCCCC1)C(=O)N1CCC2(CC1)CC(O)c1ccccc12.O=C(O)C(F)(F)F. The summed E-state index contributed by atoms with van der Waals surface area (Å²) in [6.45, 7) is 4.67. The van der Waals surface area contributed by atoms with E-state index in [-0.39, 0.29) is 17.2 Å². The zero-order chi connectivity index (χ0) is 29.7. The van der Waals surface area contributed by atoms with Crippen LogP contribution in [0.1, 0.15) is 95.3 Å². The number of aliphatic hydroxyl groups is 1. The number of rotatable bonds is 6. The van der Waals surface area contributed by atoms with Crippen molar-refractivity contribution in [1.82, 2.24) is 10.2 Å². The second kappa shape index (κ2) is 12.9. The van der Waals surface area contributed by atoms with Crippen LogP contribution in [0.25, 0.3) is 0 Å². The number of fused-ring (bicyclic) bond motifs is 2. The number of halogens is 3. The van der Waals surface area contributed by atoms with Crippen LogP contribution in [0.2, 0.25) is 0 Å². The minimum absolute atomic E-state index is 0.0186. The fourth-order valence-electron chi connectivity index (χ4n) is 6.19. The van der Waals surface area contributed by atoms with Crippen molar-refractivity contribution in [1.29, 1.82) is 0 Å². The molecule has 0 aromatic heterocycles. The van der Waals surface area contributed by atoms with Crippen LogP contribution in [-0.2, 0) is 19.8 Å². The number of hydrogen-bond acceptors (Lipinski definition) is 5. The number of carbonyl (C=O) groups is 3. The highest BCUT2D eigenvalue weighted by Crippen LogP contribution is 2.50. The van der Waals surface area contributed by atoms with Gasteiger partial charge < -0.3 is 26.2 Å². The summed E-state index contributed by atoms with van der Waals surface area (Å²) in [7, 11) is 0. The van der Waals surface area contributed by atoms with E-state index in [2.05, 4.69) is 11.4 Å². The lowest BCUT2D eigenvalue weighted by Crippen LogP contribution is -2.57. The number of benzene rings is 1. The number of aliphatic hydroxyl groups excluding tert-OH is 1. The number of hydrogen-bond donors (Lipinski definition) is 4. The Balaban J connectivity index is 0.000000559. The molecule has 1 saturated heterocycles. The largest absolute Gasteiger partial charge is 0.490 e. The van der Waals surface area contributed by atoms with Crippen LogP contribution >= 0.6 is 0 Å². The lowest BCUT2D eigenvalue weighted by molar-refractivity contribution is -0.192. The normalized spacial score (nSPS) is 21.7. The Morgan fingerprint density at radius 3 is 2.23 bits per heavy atom. The predicted molar refractivity (Wildman–Crippen MR) is 143 cm³/mol. The minimum atomic E-state index is -5.08. The van der Waals surface area contributed by atoms with Crippen molar-refractivity contribution >= 4 is 17.8 Å². The van der Waals surface area contributed by atoms with Gasteiger partial charge in [-0.2, -0.15) is 13.2 Å². The van der Waals surface area contributed by atoms with Crippen molar-refractivity contribution in [2.45, 2.75) is 107 Å². The molecule has 1 spiro atoms. The van der Waals surface area contributed by atoms with Gasteiger partial charge in [0.1, 0.15) is 6.04 Å². The molecular weight excluding hydrogens is 527 g/mol. The number of amides is 2. The number of likely N-dealkylation sites (tertiary alicyclic amines) is 1. The van der Waals surface area contributed by atoms with Gasteiger partial charge in [0, 0.05) is 18.5 Å². The first-order chi connectivity index (χ1) is 18.6. The average molecular weight is 570 g/mol. The highest BCUT2D eigenvalue weighted by molar-refractivity contribution is 5.91. The van der Waals surface area contributed by atoms with E-state index >= 15 is 0 Å². The molecule has 2 amide bonds. The smallest absolute Gasteiger partial charge is 0.475 e. The first kappa shape index (κ1) is 31.9. The maximum Gasteiger partial charge on any atom is 0.490 e. The number of nitrogens with two attached hydrogens (primary N) is 1. The molecule has 0 bridgehead atoms. The molecule has 1 aromatic carbocycles. The quantitative estimate of drug-likeness (QED) is 0.406. The maximum absolute atomic E-state index is 13.6. The van der Waals surface area contributed by atoms with Gasteiger partial charge in [-0.25, -0.2) is 4.79 Å². The van der Waals surface area contributed by atoms with Crippen LogP contribution in [0.15, 0.2) is 24.3 Å². The number of piperidine rings is 1. The number of carboxylic acids is 1. The molecule has 3 aliphatic rings. The van der Waals surface area contributed by atoms with E-state index < -0.39 is 29.8 Å². The number of carboxylic acid groups (broad SMARTS) is 1. The van der Waals surface area contributed by atoms with Crippen LogP contribution < -0.4 is 11.1 Å². The second-order valence-corrected chi connectivity index (χ2v) is 12.0. The van der Waals surface area contributed by atoms with Gasteiger partial charge in [-0.1, -0.05) is 56.4 Å². The molecule has 1 heterocycles. The van der Waals surface area contributed by atoms with Crippen LogP contribution in [0.5, 0.6) is 0 Å². The van der Waals surface area contributed by atoms with Crippen LogP contribution in [-0.4, -0.2) is 63.7 Å². The summed E-state index contributed by atoms with van der Waals surface area (Å²) in [6, 6.07) is 7.68. The van der Waals surface area contributed by atoms with Crippen LogP contribution in [0.3, 0.4) is 0 Å². The maximum atomic E-state index is 13.6. The fourth-order valence-corrected chi connectivity index (χ4v) is 6.19. The van der Waals surface area contributed by atoms with Crippen LogP contribution in [0, 0.1) is 5.92 Å². The molecule has 2 fully saturated rings. The van der Waals surface area contributed by atoms with E-state index in [4.69, 9.17) is 15.6 Å². The number of carbonyl (C=O) groups excluding carboxylic acids is 2. The lowest BCUT2D eigenvalue weighted by atomic mass is 9.73. The molecule has 1 saturated carbocycles. The molecule has 8 nitrogen and oxygen atoms in total. The van der Waals surface area contributed by atoms with Gasteiger partial charge in [-0.15, -0.1) is 0 Å². The number of alkyl halides is 3. The van der Waals surface area contributed by atoms with Crippen LogP contribution in [0.4, 0.5) is 13.2 Å². The average Bonchev–Trinajstić information content (AvgIpc) is 3.17. The molecule has 0 radical (unpaired) electrons. The summed E-state index contributed by atoms with van der Waals surface area (Å²) in [5.74, 6) is -2.36. The highest BCUT2D eigenvalue weighted by atomic mass is 19.4. The van der Waals surface area contributed by atoms with Gasteiger partial charge >= 0.3 is 12.1 Å². The molecule has 1 aliphatic heterocycles.